The third-order valence-electron chi connectivity index (χ3n) is 4.21. The minimum atomic E-state index is -0.894. The molecule has 132 valence electrons. The van der Waals surface area contributed by atoms with Crippen molar-refractivity contribution in [3.05, 3.63) is 87.4 Å². The Kier molecular flexibility index (Phi) is 3.89. The van der Waals surface area contributed by atoms with Crippen molar-refractivity contribution in [1.29, 1.82) is 0 Å². The number of pyridine rings is 1. The van der Waals surface area contributed by atoms with Crippen molar-refractivity contribution in [2.45, 2.75) is 0 Å². The number of aromatic hydroxyl groups is 1. The van der Waals surface area contributed by atoms with Gasteiger partial charge in [0, 0.05) is 17.8 Å². The third kappa shape index (κ3) is 2.81. The fraction of sp³-hybridized carbons (Fsp3) is 0. The van der Waals surface area contributed by atoms with Crippen LogP contribution in [0.4, 0.5) is 5.69 Å². The molecule has 0 fully saturated rings. The Morgan fingerprint density at radius 2 is 1.74 bits per heavy atom. The Morgan fingerprint density at radius 3 is 2.41 bits per heavy atom. The van der Waals surface area contributed by atoms with Crippen molar-refractivity contribution >= 4 is 16.7 Å². The highest BCUT2D eigenvalue weighted by atomic mass is 16.6. The molecule has 7 heteroatoms. The zero-order chi connectivity index (χ0) is 19.0. The van der Waals surface area contributed by atoms with Gasteiger partial charge in [-0.05, 0) is 17.7 Å². The van der Waals surface area contributed by atoms with Crippen LogP contribution in [0.25, 0.3) is 33.4 Å². The molecule has 0 amide bonds. The summed E-state index contributed by atoms with van der Waals surface area (Å²) in [5, 5.41) is 21.7. The second-order valence-electron chi connectivity index (χ2n) is 5.82. The Balaban J connectivity index is 1.87. The van der Waals surface area contributed by atoms with Gasteiger partial charge in [0.1, 0.15) is 11.3 Å². The van der Waals surface area contributed by atoms with Crippen LogP contribution < -0.4 is 5.63 Å². The van der Waals surface area contributed by atoms with E-state index in [0.717, 1.165) is 11.1 Å². The molecule has 0 saturated carbocycles. The largest absolute Gasteiger partial charge is 0.506 e. The molecular formula is C20H12N2O5. The minimum Gasteiger partial charge on any atom is -0.506 e. The van der Waals surface area contributed by atoms with Gasteiger partial charge in [-0.3, -0.25) is 15.1 Å². The fourth-order valence-corrected chi connectivity index (χ4v) is 2.91. The molecule has 0 saturated heterocycles. The average Bonchev–Trinajstić information content (AvgIpc) is 2.69. The lowest BCUT2D eigenvalue weighted by Crippen LogP contribution is -2.05. The van der Waals surface area contributed by atoms with Gasteiger partial charge in [0.2, 0.25) is 5.58 Å². The lowest BCUT2D eigenvalue weighted by molar-refractivity contribution is -0.383. The first kappa shape index (κ1) is 16.5. The Labute approximate surface area is 152 Å². The molecular weight excluding hydrogens is 348 g/mol. The van der Waals surface area contributed by atoms with E-state index in [2.05, 4.69) is 4.98 Å². The molecule has 4 rings (SSSR count). The Morgan fingerprint density at radius 1 is 0.963 bits per heavy atom. The van der Waals surface area contributed by atoms with Crippen LogP contribution in [0, 0.1) is 10.1 Å². The van der Waals surface area contributed by atoms with Crippen LogP contribution in [0.15, 0.2) is 76.1 Å². The topological polar surface area (TPSA) is 106 Å². The maximum atomic E-state index is 12.4. The lowest BCUT2D eigenvalue weighted by Gasteiger charge is -2.07. The molecule has 4 aromatic rings. The molecule has 2 heterocycles. The Bertz CT molecular complexity index is 1220. The van der Waals surface area contributed by atoms with Crippen molar-refractivity contribution in [1.82, 2.24) is 4.98 Å². The van der Waals surface area contributed by atoms with E-state index in [1.807, 2.05) is 30.3 Å². The summed E-state index contributed by atoms with van der Waals surface area (Å²) in [6.07, 6.45) is 1.58. The number of rotatable bonds is 3. The fourth-order valence-electron chi connectivity index (χ4n) is 2.91. The van der Waals surface area contributed by atoms with Crippen LogP contribution in [-0.2, 0) is 0 Å². The van der Waals surface area contributed by atoms with E-state index in [-0.39, 0.29) is 27.9 Å². The van der Waals surface area contributed by atoms with E-state index in [0.29, 0.717) is 0 Å². The standard InChI is InChI=1S/C20H12N2O5/c23-18-14-7-4-8-16(22(25)26)19(14)27-20(24)17(18)15-10-9-13(11-21-15)12-5-2-1-3-6-12/h1-11,23H. The molecule has 1 N–H and O–H groups in total. The molecule has 0 aliphatic heterocycles. The van der Waals surface area contributed by atoms with E-state index in [1.54, 1.807) is 18.3 Å². The molecule has 0 aliphatic rings. The minimum absolute atomic E-state index is 0.0766. The quantitative estimate of drug-likeness (QED) is 0.334. The average molecular weight is 360 g/mol. The van der Waals surface area contributed by atoms with Gasteiger partial charge < -0.3 is 9.52 Å². The van der Waals surface area contributed by atoms with Gasteiger partial charge in [0.05, 0.1) is 16.0 Å². The van der Waals surface area contributed by atoms with Crippen LogP contribution in [0.3, 0.4) is 0 Å². The van der Waals surface area contributed by atoms with Gasteiger partial charge in [-0.2, -0.15) is 0 Å². The normalized spacial score (nSPS) is 10.8. The highest BCUT2D eigenvalue weighted by Crippen LogP contribution is 2.36. The molecule has 0 bridgehead atoms. The molecule has 0 aliphatic carbocycles. The predicted octanol–water partition coefficient (Wildman–Crippen LogP) is 4.14. The summed E-state index contributed by atoms with van der Waals surface area (Å²) in [6, 6.07) is 17.0. The number of nitrogens with zero attached hydrogens (tertiary/aromatic N) is 2. The number of para-hydroxylation sites is 1. The number of benzene rings is 2. The van der Waals surface area contributed by atoms with E-state index < -0.39 is 16.3 Å². The summed E-state index contributed by atoms with van der Waals surface area (Å²) < 4.78 is 5.14. The zero-order valence-electron chi connectivity index (χ0n) is 13.8. The van der Waals surface area contributed by atoms with Crippen molar-refractivity contribution in [3.63, 3.8) is 0 Å². The van der Waals surface area contributed by atoms with E-state index >= 15 is 0 Å². The van der Waals surface area contributed by atoms with Crippen LogP contribution >= 0.6 is 0 Å². The summed E-state index contributed by atoms with van der Waals surface area (Å²) >= 11 is 0. The predicted molar refractivity (Wildman–Crippen MR) is 99.5 cm³/mol. The number of nitro benzene ring substituents is 1. The first-order valence-electron chi connectivity index (χ1n) is 8.01. The van der Waals surface area contributed by atoms with Crippen molar-refractivity contribution in [3.8, 4) is 28.1 Å². The number of hydrogen-bond acceptors (Lipinski definition) is 6. The number of hydrogen-bond donors (Lipinski definition) is 1. The monoisotopic (exact) mass is 360 g/mol. The summed E-state index contributed by atoms with van der Waals surface area (Å²) in [7, 11) is 0. The maximum absolute atomic E-state index is 12.4. The van der Waals surface area contributed by atoms with Gasteiger partial charge in [0.15, 0.2) is 0 Å². The second kappa shape index (κ2) is 6.38. The Hall–Kier alpha value is -4.00. The third-order valence-corrected chi connectivity index (χ3v) is 4.21. The summed E-state index contributed by atoms with van der Waals surface area (Å²) in [5.41, 5.74) is 0.335. The van der Waals surface area contributed by atoms with Crippen molar-refractivity contribution in [2.24, 2.45) is 0 Å². The lowest BCUT2D eigenvalue weighted by atomic mass is 10.1. The molecule has 0 spiro atoms. The van der Waals surface area contributed by atoms with Crippen LogP contribution in [0.5, 0.6) is 5.75 Å². The van der Waals surface area contributed by atoms with E-state index in [1.165, 1.54) is 18.2 Å². The van der Waals surface area contributed by atoms with Crippen LogP contribution in [0.1, 0.15) is 0 Å². The molecule has 0 unspecified atom stereocenters. The SMILES string of the molecule is O=c1oc2c([N+](=O)[O-])cccc2c(O)c1-c1ccc(-c2ccccc2)cn1. The van der Waals surface area contributed by atoms with Crippen molar-refractivity contribution in [2.75, 3.05) is 0 Å². The molecule has 2 aromatic heterocycles. The van der Waals surface area contributed by atoms with Gasteiger partial charge in [0.25, 0.3) is 0 Å². The number of fused-ring (bicyclic) bond motifs is 1. The number of non-ortho nitro benzene ring substituents is 1. The molecule has 0 atom stereocenters. The number of nitro groups is 1. The van der Waals surface area contributed by atoms with Gasteiger partial charge in [-0.25, -0.2) is 4.79 Å². The summed E-state index contributed by atoms with van der Waals surface area (Å²) in [5.74, 6) is -0.398. The highest BCUT2D eigenvalue weighted by Gasteiger charge is 2.22. The highest BCUT2D eigenvalue weighted by molar-refractivity contribution is 5.94. The van der Waals surface area contributed by atoms with E-state index in [4.69, 9.17) is 4.42 Å². The van der Waals surface area contributed by atoms with Crippen LogP contribution in [0.2, 0.25) is 0 Å². The first-order valence-corrected chi connectivity index (χ1v) is 8.01. The molecule has 2 aromatic carbocycles. The van der Waals surface area contributed by atoms with Gasteiger partial charge >= 0.3 is 11.3 Å². The van der Waals surface area contributed by atoms with Gasteiger partial charge in [-0.15, -0.1) is 0 Å². The molecule has 0 radical (unpaired) electrons. The van der Waals surface area contributed by atoms with E-state index in [9.17, 15) is 20.0 Å². The summed E-state index contributed by atoms with van der Waals surface area (Å²) in [4.78, 5) is 27.1. The second-order valence-corrected chi connectivity index (χ2v) is 5.82. The van der Waals surface area contributed by atoms with Crippen molar-refractivity contribution < 1.29 is 14.4 Å². The molecule has 27 heavy (non-hydrogen) atoms. The van der Waals surface area contributed by atoms with Gasteiger partial charge in [-0.1, -0.05) is 42.5 Å². The maximum Gasteiger partial charge on any atom is 0.349 e. The van der Waals surface area contributed by atoms with Crippen LogP contribution in [-0.4, -0.2) is 15.0 Å². The smallest absolute Gasteiger partial charge is 0.349 e. The first-order chi connectivity index (χ1) is 13.1. The summed E-state index contributed by atoms with van der Waals surface area (Å²) in [6.45, 7) is 0. The molecule has 7 nitrogen and oxygen atoms in total. The number of aromatic nitrogens is 1. The zero-order valence-corrected chi connectivity index (χ0v) is 13.8.